The van der Waals surface area contributed by atoms with Crippen LogP contribution in [0.5, 0.6) is 0 Å². The Balaban J connectivity index is 2.64. The Bertz CT molecular complexity index is 345. The van der Waals surface area contributed by atoms with Crippen molar-refractivity contribution in [3.05, 3.63) is 23.9 Å². The Hall–Kier alpha value is -1.17. The zero-order valence-corrected chi connectivity index (χ0v) is 12.7. The second kappa shape index (κ2) is 9.69. The highest BCUT2D eigenvalue weighted by molar-refractivity contribution is 5.39. The molecule has 0 aliphatic rings. The molecule has 1 aromatic heterocycles. The third kappa shape index (κ3) is 5.86. The lowest BCUT2D eigenvalue weighted by molar-refractivity contribution is 0.141. The van der Waals surface area contributed by atoms with E-state index >= 15 is 0 Å². The van der Waals surface area contributed by atoms with Gasteiger partial charge in [-0.3, -0.25) is 0 Å². The molecule has 20 heavy (non-hydrogen) atoms. The van der Waals surface area contributed by atoms with E-state index < -0.39 is 6.10 Å². The molecular formula is C15H26N2O3. The zero-order valence-electron chi connectivity index (χ0n) is 12.7. The van der Waals surface area contributed by atoms with E-state index in [9.17, 15) is 5.11 Å². The molecule has 0 bridgehead atoms. The third-order valence-corrected chi connectivity index (χ3v) is 3.00. The normalized spacial score (nSPS) is 12.4. The molecule has 0 radical (unpaired) electrons. The highest BCUT2D eigenvalue weighted by Gasteiger charge is 2.09. The van der Waals surface area contributed by atoms with Crippen LogP contribution in [0.4, 0.5) is 5.82 Å². The Morgan fingerprint density at radius 3 is 2.15 bits per heavy atom. The molecule has 1 atom stereocenters. The van der Waals surface area contributed by atoms with Crippen LogP contribution in [-0.4, -0.2) is 49.6 Å². The number of hydrogen-bond donors (Lipinski definition) is 1. The van der Waals surface area contributed by atoms with Gasteiger partial charge in [0, 0.05) is 32.5 Å². The summed E-state index contributed by atoms with van der Waals surface area (Å²) >= 11 is 0. The maximum absolute atomic E-state index is 9.51. The van der Waals surface area contributed by atoms with Crippen LogP contribution in [0.25, 0.3) is 0 Å². The maximum atomic E-state index is 9.51. The number of hydrogen-bond acceptors (Lipinski definition) is 5. The Labute approximate surface area is 121 Å². The standard InChI is InChI=1S/C15H26N2O3/c1-4-19-10-8-17(9-11-20-5-2)15-7-6-14(12-16-15)13(3)18/h6-7,12-13,18H,4-5,8-11H2,1-3H3/t13-/m0/s1. The van der Waals surface area contributed by atoms with E-state index in [2.05, 4.69) is 9.88 Å². The predicted molar refractivity (Wildman–Crippen MR) is 80.1 cm³/mol. The second-order valence-corrected chi connectivity index (χ2v) is 4.51. The summed E-state index contributed by atoms with van der Waals surface area (Å²) in [6, 6.07) is 3.83. The minimum atomic E-state index is -0.489. The van der Waals surface area contributed by atoms with Gasteiger partial charge in [-0.15, -0.1) is 0 Å². The molecule has 0 aromatic carbocycles. The van der Waals surface area contributed by atoms with Gasteiger partial charge in [-0.25, -0.2) is 4.98 Å². The summed E-state index contributed by atoms with van der Waals surface area (Å²) in [5, 5.41) is 9.51. The number of pyridine rings is 1. The summed E-state index contributed by atoms with van der Waals surface area (Å²) in [4.78, 5) is 6.55. The third-order valence-electron chi connectivity index (χ3n) is 3.00. The number of ether oxygens (including phenoxy) is 2. The van der Waals surface area contributed by atoms with Crippen molar-refractivity contribution in [2.75, 3.05) is 44.4 Å². The van der Waals surface area contributed by atoms with Gasteiger partial charge >= 0.3 is 0 Å². The average Bonchev–Trinajstić information content (AvgIpc) is 2.46. The first-order valence-corrected chi connectivity index (χ1v) is 7.23. The Morgan fingerprint density at radius 2 is 1.75 bits per heavy atom. The average molecular weight is 282 g/mol. The largest absolute Gasteiger partial charge is 0.389 e. The quantitative estimate of drug-likeness (QED) is 0.665. The van der Waals surface area contributed by atoms with Gasteiger partial charge in [0.05, 0.1) is 19.3 Å². The van der Waals surface area contributed by atoms with Crippen molar-refractivity contribution in [1.82, 2.24) is 4.98 Å². The molecule has 0 saturated heterocycles. The van der Waals surface area contributed by atoms with Crippen LogP contribution in [-0.2, 0) is 9.47 Å². The predicted octanol–water partition coefficient (Wildman–Crippen LogP) is 2.01. The maximum Gasteiger partial charge on any atom is 0.128 e. The fraction of sp³-hybridized carbons (Fsp3) is 0.667. The van der Waals surface area contributed by atoms with Crippen LogP contribution in [0, 0.1) is 0 Å². The van der Waals surface area contributed by atoms with Gasteiger partial charge in [0.15, 0.2) is 0 Å². The first-order valence-electron chi connectivity index (χ1n) is 7.23. The lowest BCUT2D eigenvalue weighted by atomic mass is 10.2. The van der Waals surface area contributed by atoms with Crippen molar-refractivity contribution in [3.63, 3.8) is 0 Å². The number of aromatic nitrogens is 1. The van der Waals surface area contributed by atoms with Gasteiger partial charge in [0.1, 0.15) is 5.82 Å². The molecule has 0 amide bonds. The van der Waals surface area contributed by atoms with Crippen LogP contribution in [0.2, 0.25) is 0 Å². The minimum Gasteiger partial charge on any atom is -0.389 e. The smallest absolute Gasteiger partial charge is 0.128 e. The van der Waals surface area contributed by atoms with Crippen LogP contribution >= 0.6 is 0 Å². The number of rotatable bonds is 10. The summed E-state index contributed by atoms with van der Waals surface area (Å²) in [6.45, 7) is 10.0. The van der Waals surface area contributed by atoms with Crippen LogP contribution in [0.3, 0.4) is 0 Å². The molecule has 0 saturated carbocycles. The monoisotopic (exact) mass is 282 g/mol. The van der Waals surface area contributed by atoms with Gasteiger partial charge in [-0.1, -0.05) is 6.07 Å². The van der Waals surface area contributed by atoms with Gasteiger partial charge in [-0.05, 0) is 32.4 Å². The molecule has 1 aromatic rings. The number of aliphatic hydroxyl groups excluding tert-OH is 1. The summed E-state index contributed by atoms with van der Waals surface area (Å²) in [5.41, 5.74) is 0.823. The Kier molecular flexibility index (Phi) is 8.18. The molecule has 0 aliphatic heterocycles. The van der Waals surface area contributed by atoms with Crippen molar-refractivity contribution in [2.45, 2.75) is 26.9 Å². The molecular weight excluding hydrogens is 256 g/mol. The molecule has 114 valence electrons. The molecule has 0 spiro atoms. The van der Waals surface area contributed by atoms with E-state index in [1.165, 1.54) is 0 Å². The topological polar surface area (TPSA) is 54.8 Å². The van der Waals surface area contributed by atoms with Crippen LogP contribution < -0.4 is 4.90 Å². The molecule has 1 N–H and O–H groups in total. The summed E-state index contributed by atoms with van der Waals surface area (Å²) < 4.78 is 10.8. The SMILES string of the molecule is CCOCCN(CCOCC)c1ccc([C@H](C)O)cn1. The van der Waals surface area contributed by atoms with Crippen molar-refractivity contribution in [3.8, 4) is 0 Å². The van der Waals surface area contributed by atoms with Crippen molar-refractivity contribution in [1.29, 1.82) is 0 Å². The van der Waals surface area contributed by atoms with Gasteiger partial charge < -0.3 is 19.5 Å². The molecule has 0 unspecified atom stereocenters. The van der Waals surface area contributed by atoms with E-state index in [0.29, 0.717) is 26.4 Å². The van der Waals surface area contributed by atoms with Gasteiger partial charge in [0.25, 0.3) is 0 Å². The summed E-state index contributed by atoms with van der Waals surface area (Å²) in [7, 11) is 0. The number of aliphatic hydroxyl groups is 1. The van der Waals surface area contributed by atoms with Crippen molar-refractivity contribution >= 4 is 5.82 Å². The molecule has 1 heterocycles. The van der Waals surface area contributed by atoms with Crippen LogP contribution in [0.1, 0.15) is 32.4 Å². The fourth-order valence-electron chi connectivity index (χ4n) is 1.81. The van der Waals surface area contributed by atoms with E-state index in [-0.39, 0.29) is 0 Å². The molecule has 5 heteroatoms. The zero-order chi connectivity index (χ0) is 14.8. The molecule has 1 rings (SSSR count). The highest BCUT2D eigenvalue weighted by atomic mass is 16.5. The first-order chi connectivity index (χ1) is 9.69. The summed E-state index contributed by atoms with van der Waals surface area (Å²) in [6.07, 6.45) is 1.23. The van der Waals surface area contributed by atoms with E-state index in [0.717, 1.165) is 24.5 Å². The van der Waals surface area contributed by atoms with Gasteiger partial charge in [0.2, 0.25) is 0 Å². The van der Waals surface area contributed by atoms with E-state index in [1.807, 2.05) is 26.0 Å². The fourth-order valence-corrected chi connectivity index (χ4v) is 1.81. The highest BCUT2D eigenvalue weighted by Crippen LogP contribution is 2.15. The molecule has 0 aliphatic carbocycles. The Morgan fingerprint density at radius 1 is 1.15 bits per heavy atom. The first kappa shape index (κ1) is 16.9. The molecule has 0 fully saturated rings. The second-order valence-electron chi connectivity index (χ2n) is 4.51. The lowest BCUT2D eigenvalue weighted by Gasteiger charge is -2.23. The molecule has 5 nitrogen and oxygen atoms in total. The number of nitrogens with zero attached hydrogens (tertiary/aromatic N) is 2. The van der Waals surface area contributed by atoms with Crippen LogP contribution in [0.15, 0.2) is 18.3 Å². The number of anilines is 1. The lowest BCUT2D eigenvalue weighted by Crippen LogP contribution is -2.31. The van der Waals surface area contributed by atoms with E-state index in [1.54, 1.807) is 13.1 Å². The minimum absolute atomic E-state index is 0.489. The van der Waals surface area contributed by atoms with Crippen molar-refractivity contribution < 1.29 is 14.6 Å². The van der Waals surface area contributed by atoms with Gasteiger partial charge in [-0.2, -0.15) is 0 Å². The van der Waals surface area contributed by atoms with Crippen molar-refractivity contribution in [2.24, 2.45) is 0 Å². The van der Waals surface area contributed by atoms with E-state index in [4.69, 9.17) is 9.47 Å². The summed E-state index contributed by atoms with van der Waals surface area (Å²) in [5.74, 6) is 0.883.